The number of rotatable bonds is 5. The van der Waals surface area contributed by atoms with Gasteiger partial charge in [-0.2, -0.15) is 0 Å². The molecule has 0 aromatic heterocycles. The van der Waals surface area contributed by atoms with Gasteiger partial charge in [0.25, 0.3) is 5.91 Å². The molecule has 1 amide bonds. The van der Waals surface area contributed by atoms with Gasteiger partial charge < -0.3 is 14.5 Å². The molecule has 4 nitrogen and oxygen atoms in total. The molecule has 0 unspecified atom stereocenters. The molecule has 0 spiro atoms. The van der Waals surface area contributed by atoms with Crippen LogP contribution in [0.15, 0.2) is 18.2 Å². The van der Waals surface area contributed by atoms with Crippen molar-refractivity contribution in [3.05, 3.63) is 23.8 Å². The lowest BCUT2D eigenvalue weighted by Crippen LogP contribution is -2.43. The minimum absolute atomic E-state index is 0.0792. The van der Waals surface area contributed by atoms with E-state index in [0.29, 0.717) is 0 Å². The predicted octanol–water partition coefficient (Wildman–Crippen LogP) is 3.24. The van der Waals surface area contributed by atoms with E-state index in [9.17, 15) is 4.79 Å². The number of likely N-dealkylation sites (tertiary alicyclic amines) is 1. The maximum atomic E-state index is 12.3. The molecule has 126 valence electrons. The summed E-state index contributed by atoms with van der Waals surface area (Å²) in [4.78, 5) is 16.7. The van der Waals surface area contributed by atoms with Crippen molar-refractivity contribution >= 4 is 11.6 Å². The lowest BCUT2D eigenvalue weighted by molar-refractivity contribution is -0.121. The summed E-state index contributed by atoms with van der Waals surface area (Å²) in [6.07, 6.45) is 7.43. The fourth-order valence-electron chi connectivity index (χ4n) is 3.54. The van der Waals surface area contributed by atoms with E-state index in [1.165, 1.54) is 44.3 Å². The van der Waals surface area contributed by atoms with Gasteiger partial charge in [-0.25, -0.2) is 0 Å². The van der Waals surface area contributed by atoms with Crippen molar-refractivity contribution in [1.82, 2.24) is 4.90 Å². The number of carbonyl (C=O) groups excluding carboxylic acids is 1. The molecule has 0 N–H and O–H groups in total. The summed E-state index contributed by atoms with van der Waals surface area (Å²) in [5.74, 6) is 0.946. The highest BCUT2D eigenvalue weighted by molar-refractivity contribution is 5.97. The van der Waals surface area contributed by atoms with E-state index in [-0.39, 0.29) is 12.5 Å². The van der Waals surface area contributed by atoms with Crippen molar-refractivity contribution in [2.45, 2.75) is 45.4 Å². The zero-order chi connectivity index (χ0) is 16.1. The number of anilines is 1. The molecule has 2 heterocycles. The Hall–Kier alpha value is -1.55. The molecular formula is C19H28N2O2. The van der Waals surface area contributed by atoms with Gasteiger partial charge in [0.05, 0.1) is 5.69 Å². The lowest BCUT2D eigenvalue weighted by atomic mass is 10.1. The van der Waals surface area contributed by atoms with Crippen molar-refractivity contribution in [1.29, 1.82) is 0 Å². The van der Waals surface area contributed by atoms with Gasteiger partial charge in [-0.3, -0.25) is 4.79 Å². The molecule has 1 saturated heterocycles. The van der Waals surface area contributed by atoms with Crippen LogP contribution in [0.25, 0.3) is 0 Å². The predicted molar refractivity (Wildman–Crippen MR) is 93.2 cm³/mol. The van der Waals surface area contributed by atoms with Crippen LogP contribution in [0, 0.1) is 0 Å². The molecule has 0 aliphatic carbocycles. The summed E-state index contributed by atoms with van der Waals surface area (Å²) in [6.45, 7) is 6.41. The first-order valence-electron chi connectivity index (χ1n) is 9.06. The van der Waals surface area contributed by atoms with Crippen LogP contribution < -0.4 is 9.64 Å². The number of hydrogen-bond donors (Lipinski definition) is 0. The van der Waals surface area contributed by atoms with Crippen molar-refractivity contribution in [2.24, 2.45) is 0 Å². The number of benzene rings is 1. The number of amides is 1. The van der Waals surface area contributed by atoms with Gasteiger partial charge in [-0.15, -0.1) is 0 Å². The smallest absolute Gasteiger partial charge is 0.265 e. The van der Waals surface area contributed by atoms with Crippen LogP contribution in [0.3, 0.4) is 0 Å². The Kier molecular flexibility index (Phi) is 5.55. The van der Waals surface area contributed by atoms with E-state index in [1.807, 2.05) is 4.90 Å². The number of ether oxygens (including phenoxy) is 1. The molecule has 1 aromatic carbocycles. The zero-order valence-corrected chi connectivity index (χ0v) is 14.2. The van der Waals surface area contributed by atoms with Crippen LogP contribution in [0.1, 0.15) is 44.6 Å². The maximum Gasteiger partial charge on any atom is 0.265 e. The summed E-state index contributed by atoms with van der Waals surface area (Å²) < 4.78 is 5.66. The summed E-state index contributed by atoms with van der Waals surface area (Å²) in [5, 5.41) is 0. The van der Waals surface area contributed by atoms with Crippen molar-refractivity contribution < 1.29 is 9.53 Å². The molecule has 0 atom stereocenters. The van der Waals surface area contributed by atoms with Crippen molar-refractivity contribution in [2.75, 3.05) is 37.7 Å². The molecule has 0 bridgehead atoms. The highest BCUT2D eigenvalue weighted by Gasteiger charge is 2.26. The topological polar surface area (TPSA) is 32.8 Å². The standard InChI is InChI=1S/C19H28N2O2/c1-2-7-16-8-9-17-18(14-16)23-15-19(22)21(17)13-12-20-10-5-3-4-6-11-20/h8-9,14H,2-7,10-13,15H2,1H3. The van der Waals surface area contributed by atoms with Gasteiger partial charge >= 0.3 is 0 Å². The van der Waals surface area contributed by atoms with Crippen LogP contribution in [-0.4, -0.2) is 43.6 Å². The fourth-order valence-corrected chi connectivity index (χ4v) is 3.54. The summed E-state index contributed by atoms with van der Waals surface area (Å²) >= 11 is 0. The molecule has 1 aromatic rings. The van der Waals surface area contributed by atoms with E-state index in [2.05, 4.69) is 30.0 Å². The Morgan fingerprint density at radius 2 is 1.87 bits per heavy atom. The van der Waals surface area contributed by atoms with E-state index >= 15 is 0 Å². The van der Waals surface area contributed by atoms with Gasteiger partial charge in [0.15, 0.2) is 6.61 Å². The van der Waals surface area contributed by atoms with Gasteiger partial charge in [0.1, 0.15) is 5.75 Å². The average molecular weight is 316 g/mol. The number of fused-ring (bicyclic) bond motifs is 1. The Labute approximate surface area is 139 Å². The molecule has 0 radical (unpaired) electrons. The number of aryl methyl sites for hydroxylation is 1. The van der Waals surface area contributed by atoms with E-state index in [0.717, 1.165) is 37.4 Å². The molecule has 23 heavy (non-hydrogen) atoms. The maximum absolute atomic E-state index is 12.3. The van der Waals surface area contributed by atoms with Crippen molar-refractivity contribution in [3.63, 3.8) is 0 Å². The first-order valence-corrected chi connectivity index (χ1v) is 9.06. The van der Waals surface area contributed by atoms with Gasteiger partial charge in [0.2, 0.25) is 0 Å². The molecule has 0 saturated carbocycles. The summed E-state index contributed by atoms with van der Waals surface area (Å²) in [5.41, 5.74) is 2.23. The minimum atomic E-state index is 0.0792. The minimum Gasteiger partial charge on any atom is -0.482 e. The first kappa shape index (κ1) is 16.3. The highest BCUT2D eigenvalue weighted by atomic mass is 16.5. The zero-order valence-electron chi connectivity index (χ0n) is 14.2. The number of hydrogen-bond acceptors (Lipinski definition) is 3. The molecule has 4 heteroatoms. The van der Waals surface area contributed by atoms with Crippen molar-refractivity contribution in [3.8, 4) is 5.75 Å². The average Bonchev–Trinajstić information content (AvgIpc) is 2.83. The lowest BCUT2D eigenvalue weighted by Gasteiger charge is -2.31. The Morgan fingerprint density at radius 1 is 1.09 bits per heavy atom. The Balaban J connectivity index is 1.68. The quantitative estimate of drug-likeness (QED) is 0.836. The third-order valence-electron chi connectivity index (χ3n) is 4.84. The fraction of sp³-hybridized carbons (Fsp3) is 0.632. The normalized spacial score (nSPS) is 19.2. The largest absolute Gasteiger partial charge is 0.482 e. The summed E-state index contributed by atoms with van der Waals surface area (Å²) in [6, 6.07) is 6.28. The Morgan fingerprint density at radius 3 is 2.61 bits per heavy atom. The third kappa shape index (κ3) is 4.05. The molecule has 1 fully saturated rings. The first-order chi connectivity index (χ1) is 11.3. The van der Waals surface area contributed by atoms with Gasteiger partial charge in [-0.1, -0.05) is 32.3 Å². The van der Waals surface area contributed by atoms with Crippen LogP contribution in [0.5, 0.6) is 5.75 Å². The second-order valence-electron chi connectivity index (χ2n) is 6.64. The highest BCUT2D eigenvalue weighted by Crippen LogP contribution is 2.33. The van der Waals surface area contributed by atoms with Crippen LogP contribution in [0.4, 0.5) is 5.69 Å². The molecular weight excluding hydrogens is 288 g/mol. The van der Waals surface area contributed by atoms with Crippen LogP contribution in [-0.2, 0) is 11.2 Å². The van der Waals surface area contributed by atoms with Gasteiger partial charge in [0, 0.05) is 13.1 Å². The van der Waals surface area contributed by atoms with Crippen LogP contribution in [0.2, 0.25) is 0 Å². The van der Waals surface area contributed by atoms with E-state index in [1.54, 1.807) is 0 Å². The number of nitrogens with zero attached hydrogens (tertiary/aromatic N) is 2. The van der Waals surface area contributed by atoms with Gasteiger partial charge in [-0.05, 0) is 50.0 Å². The second kappa shape index (κ2) is 7.82. The third-order valence-corrected chi connectivity index (χ3v) is 4.84. The SMILES string of the molecule is CCCc1ccc2c(c1)OCC(=O)N2CCN1CCCCCC1. The monoisotopic (exact) mass is 316 g/mol. The van der Waals surface area contributed by atoms with E-state index in [4.69, 9.17) is 4.74 Å². The molecule has 2 aliphatic rings. The second-order valence-corrected chi connectivity index (χ2v) is 6.64. The van der Waals surface area contributed by atoms with Crippen LogP contribution >= 0.6 is 0 Å². The number of carbonyl (C=O) groups is 1. The Bertz CT molecular complexity index is 536. The summed E-state index contributed by atoms with van der Waals surface area (Å²) in [7, 11) is 0. The molecule has 3 rings (SSSR count). The van der Waals surface area contributed by atoms with E-state index < -0.39 is 0 Å². The molecule has 2 aliphatic heterocycles.